The van der Waals surface area contributed by atoms with Crippen molar-refractivity contribution in [2.45, 2.75) is 26.1 Å². The number of fused-ring (bicyclic) bond motifs is 2. The normalized spacial score (nSPS) is 15.9. The topological polar surface area (TPSA) is 71.9 Å². The summed E-state index contributed by atoms with van der Waals surface area (Å²) in [5.74, 6) is -0.488. The van der Waals surface area contributed by atoms with Gasteiger partial charge >= 0.3 is 6.09 Å². The first-order valence-corrected chi connectivity index (χ1v) is 10.2. The van der Waals surface area contributed by atoms with Crippen molar-refractivity contribution in [2.24, 2.45) is 0 Å². The predicted molar refractivity (Wildman–Crippen MR) is 115 cm³/mol. The van der Waals surface area contributed by atoms with Gasteiger partial charge in [0.25, 0.3) is 0 Å². The fourth-order valence-corrected chi connectivity index (χ4v) is 4.30. The molecule has 2 aliphatic rings. The van der Waals surface area contributed by atoms with E-state index in [0.717, 1.165) is 28.2 Å². The van der Waals surface area contributed by atoms with Gasteiger partial charge in [0, 0.05) is 44.1 Å². The van der Waals surface area contributed by atoms with Crippen LogP contribution < -0.4 is 10.4 Å². The Kier molecular flexibility index (Phi) is 5.01. The molecule has 0 saturated heterocycles. The molecule has 1 aromatic heterocycles. The van der Waals surface area contributed by atoms with Crippen LogP contribution in [0.25, 0.3) is 0 Å². The summed E-state index contributed by atoms with van der Waals surface area (Å²) in [7, 11) is 0. The number of amides is 1. The molecule has 1 amide bonds. The monoisotopic (exact) mass is 419 g/mol. The second kappa shape index (κ2) is 7.98. The van der Waals surface area contributed by atoms with E-state index in [4.69, 9.17) is 0 Å². The molecule has 0 fully saturated rings. The number of hydrogen-bond acceptors (Lipinski definition) is 5. The van der Waals surface area contributed by atoms with E-state index in [1.165, 1.54) is 5.56 Å². The van der Waals surface area contributed by atoms with Crippen molar-refractivity contribution in [1.29, 1.82) is 0 Å². The van der Waals surface area contributed by atoms with Crippen LogP contribution in [0.1, 0.15) is 22.3 Å². The van der Waals surface area contributed by atoms with Crippen molar-refractivity contribution >= 4 is 17.5 Å². The smallest absolute Gasteiger partial charge is 0.426 e. The van der Waals surface area contributed by atoms with Crippen LogP contribution in [-0.2, 0) is 26.1 Å². The Morgan fingerprint density at radius 2 is 1.77 bits per heavy atom. The number of anilines is 2. The number of aromatic nitrogens is 1. The zero-order valence-corrected chi connectivity index (χ0v) is 16.8. The predicted octanol–water partition coefficient (Wildman–Crippen LogP) is 4.02. The molecule has 0 radical (unpaired) electrons. The Morgan fingerprint density at radius 1 is 1.00 bits per heavy atom. The van der Waals surface area contributed by atoms with Crippen molar-refractivity contribution in [3.8, 4) is 0 Å². The van der Waals surface area contributed by atoms with Crippen LogP contribution in [0, 0.1) is 5.82 Å². The summed E-state index contributed by atoms with van der Waals surface area (Å²) in [5, 5.41) is 14.6. The van der Waals surface area contributed by atoms with E-state index in [9.17, 15) is 9.90 Å². The van der Waals surface area contributed by atoms with E-state index < -0.39 is 11.9 Å². The third-order valence-corrected chi connectivity index (χ3v) is 5.80. The lowest BCUT2D eigenvalue weighted by Gasteiger charge is -2.36. The molecule has 0 spiro atoms. The molecule has 0 unspecified atom stereocenters. The standard InChI is InChI=1S/C23H22FN5O2/c24-22-20-15-27(26-19-7-10-25-11-8-19)13-18(20)5-6-21(22)29(23(30)31)28-12-9-16-3-1-2-4-17(16)14-28/h1-8,10-11H,9,12-15H2,(H,25,26)(H,30,31). The first-order chi connectivity index (χ1) is 15.1. The van der Waals surface area contributed by atoms with Gasteiger partial charge < -0.3 is 10.5 Å². The number of hydrogen-bond donors (Lipinski definition) is 2. The zero-order valence-electron chi connectivity index (χ0n) is 16.8. The average molecular weight is 419 g/mol. The molecule has 5 rings (SSSR count). The number of carbonyl (C=O) groups is 1. The van der Waals surface area contributed by atoms with Crippen molar-refractivity contribution in [2.75, 3.05) is 17.0 Å². The lowest BCUT2D eigenvalue weighted by Crippen LogP contribution is -2.49. The minimum atomic E-state index is -1.19. The first kappa shape index (κ1) is 19.5. The minimum Gasteiger partial charge on any atom is -0.464 e. The molecule has 0 saturated carbocycles. The summed E-state index contributed by atoms with van der Waals surface area (Å²) in [4.78, 5) is 16.2. The lowest BCUT2D eigenvalue weighted by molar-refractivity contribution is 0.161. The summed E-state index contributed by atoms with van der Waals surface area (Å²) in [6.07, 6.45) is 2.90. The van der Waals surface area contributed by atoms with Gasteiger partial charge in [-0.05, 0) is 41.3 Å². The fraction of sp³-hybridized carbons (Fsp3) is 0.217. The number of benzene rings is 2. The number of hydrazine groups is 2. The Bertz CT molecular complexity index is 1120. The van der Waals surface area contributed by atoms with E-state index in [2.05, 4.69) is 16.5 Å². The molecule has 2 N–H and O–H groups in total. The highest BCUT2D eigenvalue weighted by Gasteiger charge is 2.32. The van der Waals surface area contributed by atoms with Crippen LogP contribution in [0.3, 0.4) is 0 Å². The Balaban J connectivity index is 1.40. The number of halogens is 1. The number of carboxylic acid groups (broad SMARTS) is 1. The third kappa shape index (κ3) is 3.71. The highest BCUT2D eigenvalue weighted by Crippen LogP contribution is 2.33. The summed E-state index contributed by atoms with van der Waals surface area (Å²) in [6, 6.07) is 15.0. The van der Waals surface area contributed by atoms with Crippen LogP contribution >= 0.6 is 0 Å². The summed E-state index contributed by atoms with van der Waals surface area (Å²) in [5.41, 5.74) is 7.81. The molecule has 31 heavy (non-hydrogen) atoms. The molecule has 0 aliphatic carbocycles. The summed E-state index contributed by atoms with van der Waals surface area (Å²) < 4.78 is 15.6. The second-order valence-electron chi connectivity index (χ2n) is 7.74. The zero-order chi connectivity index (χ0) is 21.4. The first-order valence-electron chi connectivity index (χ1n) is 10.2. The van der Waals surface area contributed by atoms with Crippen LogP contribution in [0.2, 0.25) is 0 Å². The maximum Gasteiger partial charge on any atom is 0.426 e. The van der Waals surface area contributed by atoms with Gasteiger partial charge in [0.05, 0.1) is 5.69 Å². The van der Waals surface area contributed by atoms with Gasteiger partial charge in [-0.1, -0.05) is 30.3 Å². The van der Waals surface area contributed by atoms with E-state index >= 15 is 4.39 Å². The highest BCUT2D eigenvalue weighted by atomic mass is 19.1. The molecule has 2 aliphatic heterocycles. The number of rotatable bonds is 4. The van der Waals surface area contributed by atoms with Crippen LogP contribution in [0.15, 0.2) is 60.9 Å². The lowest BCUT2D eigenvalue weighted by atomic mass is 10.0. The van der Waals surface area contributed by atoms with Gasteiger partial charge in [0.15, 0.2) is 5.82 Å². The number of nitrogens with zero attached hydrogens (tertiary/aromatic N) is 4. The van der Waals surface area contributed by atoms with Crippen LogP contribution in [0.4, 0.5) is 20.6 Å². The van der Waals surface area contributed by atoms with Crippen molar-refractivity contribution in [3.63, 3.8) is 0 Å². The number of nitrogens with one attached hydrogen (secondary N) is 1. The molecule has 0 bridgehead atoms. The van der Waals surface area contributed by atoms with Gasteiger partial charge in [0.2, 0.25) is 0 Å². The van der Waals surface area contributed by atoms with Gasteiger partial charge in [-0.3, -0.25) is 4.98 Å². The Morgan fingerprint density at radius 3 is 2.55 bits per heavy atom. The van der Waals surface area contributed by atoms with Crippen molar-refractivity contribution < 1.29 is 14.3 Å². The Labute approximate surface area is 179 Å². The van der Waals surface area contributed by atoms with Gasteiger partial charge in [-0.15, -0.1) is 0 Å². The Hall–Kier alpha value is -3.49. The highest BCUT2D eigenvalue weighted by molar-refractivity contribution is 5.85. The molecular weight excluding hydrogens is 397 g/mol. The molecule has 0 atom stereocenters. The van der Waals surface area contributed by atoms with E-state index in [-0.39, 0.29) is 5.69 Å². The quantitative estimate of drug-likeness (QED) is 0.666. The molecule has 3 aromatic rings. The molecule has 2 aromatic carbocycles. The maximum atomic E-state index is 15.6. The second-order valence-corrected chi connectivity index (χ2v) is 7.74. The van der Waals surface area contributed by atoms with Crippen LogP contribution in [0.5, 0.6) is 0 Å². The molecule has 8 heteroatoms. The largest absolute Gasteiger partial charge is 0.464 e. The van der Waals surface area contributed by atoms with E-state index in [1.807, 2.05) is 41.4 Å². The molecule has 7 nitrogen and oxygen atoms in total. The van der Waals surface area contributed by atoms with Crippen molar-refractivity contribution in [3.05, 3.63) is 89.0 Å². The minimum absolute atomic E-state index is 0.0661. The average Bonchev–Trinajstić information content (AvgIpc) is 3.19. The number of pyridine rings is 1. The van der Waals surface area contributed by atoms with E-state index in [1.54, 1.807) is 23.5 Å². The SMILES string of the molecule is O=C(O)N(c1ccc2c(c1F)CN(Nc1ccncc1)C2)N1CCc2ccccc2C1. The van der Waals surface area contributed by atoms with Gasteiger partial charge in [-0.25, -0.2) is 24.2 Å². The van der Waals surface area contributed by atoms with E-state index in [0.29, 0.717) is 31.7 Å². The third-order valence-electron chi connectivity index (χ3n) is 5.80. The fourth-order valence-electron chi connectivity index (χ4n) is 4.30. The summed E-state index contributed by atoms with van der Waals surface area (Å²) >= 11 is 0. The van der Waals surface area contributed by atoms with Gasteiger partial charge in [-0.2, -0.15) is 0 Å². The molecule has 3 heterocycles. The molecule has 158 valence electrons. The summed E-state index contributed by atoms with van der Waals surface area (Å²) in [6.45, 7) is 1.80. The van der Waals surface area contributed by atoms with Crippen molar-refractivity contribution in [1.82, 2.24) is 15.0 Å². The van der Waals surface area contributed by atoms with Gasteiger partial charge in [0.1, 0.15) is 5.69 Å². The maximum absolute atomic E-state index is 15.6. The molecular formula is C23H22FN5O2. The van der Waals surface area contributed by atoms with Crippen LogP contribution in [-0.4, -0.2) is 32.7 Å².